The standard InChI is InChI=1S/C44H57N3O6/c1-3-25-8-5-6-10-36(48)42-28(12-11-25)19-32-26(4-2)18-29-20-38(50)40(24-34(29)35(32)23-39(42)51)53-44-31(13-14-37(49)43(44)52)33(22-30-9-7-16-46-30)27-15-17-47-41(45)21-27/h7,9,13-16,19-21,24-26,28,31,33,35-37,39,42-44,46-52H,3-6,8,10,17-18,22-23,45H2,1-2H3/t25-,26+,28+,31-,33-,35-,36+,37-,39-,42-,43+,44+/m1/s1. The lowest BCUT2D eigenvalue weighted by Crippen LogP contribution is -2.50. The zero-order chi connectivity index (χ0) is 37.2. The van der Waals surface area contributed by atoms with Gasteiger partial charge in [0.05, 0.1) is 18.0 Å². The summed E-state index contributed by atoms with van der Waals surface area (Å²) in [5, 5.41) is 60.5. The molecule has 1 aromatic heterocycles. The van der Waals surface area contributed by atoms with Crippen LogP contribution in [0.1, 0.15) is 81.5 Å². The van der Waals surface area contributed by atoms with Crippen LogP contribution in [0.15, 0.2) is 77.8 Å². The van der Waals surface area contributed by atoms with Crippen molar-refractivity contribution in [3.05, 3.63) is 94.6 Å². The molecule has 0 spiro atoms. The predicted octanol–water partition coefficient (Wildman–Crippen LogP) is 5.12. The number of H-pyrrole nitrogens is 1. The lowest BCUT2D eigenvalue weighted by Gasteiger charge is -2.40. The molecule has 0 saturated heterocycles. The highest BCUT2D eigenvalue weighted by atomic mass is 16.5. The van der Waals surface area contributed by atoms with Gasteiger partial charge >= 0.3 is 0 Å². The quantitative estimate of drug-likeness (QED) is 0.138. The number of benzene rings is 1. The van der Waals surface area contributed by atoms with Gasteiger partial charge in [-0.15, -0.1) is 0 Å². The number of ether oxygens (including phenoxy) is 1. The molecule has 4 aliphatic carbocycles. The van der Waals surface area contributed by atoms with Crippen molar-refractivity contribution in [3.63, 3.8) is 0 Å². The second-order valence-corrected chi connectivity index (χ2v) is 15.9. The molecule has 53 heavy (non-hydrogen) atoms. The topological polar surface area (TPSA) is 164 Å². The summed E-state index contributed by atoms with van der Waals surface area (Å²) >= 11 is 0. The van der Waals surface area contributed by atoms with Crippen LogP contribution in [0.4, 0.5) is 0 Å². The van der Waals surface area contributed by atoms with Gasteiger partial charge in [-0.1, -0.05) is 68.4 Å². The molecular formula is C44H57N3O6. The van der Waals surface area contributed by atoms with Crippen molar-refractivity contribution >= 4 is 0 Å². The van der Waals surface area contributed by atoms with Crippen molar-refractivity contribution in [1.29, 1.82) is 0 Å². The molecule has 9 nitrogen and oxygen atoms in total. The van der Waals surface area contributed by atoms with E-state index in [1.54, 1.807) is 12.1 Å². The normalized spacial score (nSPS) is 34.6. The fraction of sp³-hybridized carbons (Fsp3) is 0.545. The summed E-state index contributed by atoms with van der Waals surface area (Å²) in [6, 6.07) is 7.64. The van der Waals surface area contributed by atoms with Crippen LogP contribution in [-0.4, -0.2) is 67.6 Å². The molecule has 0 unspecified atom stereocenters. The molecule has 7 rings (SSSR count). The van der Waals surface area contributed by atoms with Gasteiger partial charge in [0.2, 0.25) is 0 Å². The molecule has 284 valence electrons. The van der Waals surface area contributed by atoms with Crippen LogP contribution in [0.5, 0.6) is 11.5 Å². The fourth-order valence-electron chi connectivity index (χ4n) is 9.67. The third-order valence-electron chi connectivity index (χ3n) is 12.7. The average molecular weight is 724 g/mol. The van der Waals surface area contributed by atoms with E-state index in [1.807, 2.05) is 36.5 Å². The number of aromatic nitrogens is 1. The van der Waals surface area contributed by atoms with E-state index in [0.29, 0.717) is 37.5 Å². The van der Waals surface area contributed by atoms with Gasteiger partial charge in [-0.25, -0.2) is 0 Å². The summed E-state index contributed by atoms with van der Waals surface area (Å²) in [7, 11) is 0. The van der Waals surface area contributed by atoms with Crippen molar-refractivity contribution in [2.24, 2.45) is 41.2 Å². The number of phenols is 1. The number of aliphatic hydroxyl groups excluding tert-OH is 4. The highest BCUT2D eigenvalue weighted by Crippen LogP contribution is 2.51. The Bertz CT molecular complexity index is 1790. The number of rotatable bonds is 8. The number of aromatic amines is 1. The van der Waals surface area contributed by atoms with Gasteiger partial charge in [-0.05, 0) is 104 Å². The van der Waals surface area contributed by atoms with Crippen molar-refractivity contribution in [2.45, 2.75) is 108 Å². The van der Waals surface area contributed by atoms with Crippen molar-refractivity contribution in [3.8, 4) is 23.3 Å². The molecule has 2 aromatic rings. The molecular weight excluding hydrogens is 666 g/mol. The van der Waals surface area contributed by atoms with Gasteiger partial charge in [-0.3, -0.25) is 0 Å². The maximum atomic E-state index is 11.9. The van der Waals surface area contributed by atoms with Crippen LogP contribution in [0.25, 0.3) is 0 Å². The van der Waals surface area contributed by atoms with Crippen LogP contribution in [0, 0.1) is 47.3 Å². The van der Waals surface area contributed by atoms with Gasteiger partial charge in [0, 0.05) is 48.0 Å². The monoisotopic (exact) mass is 723 g/mol. The zero-order valence-corrected chi connectivity index (χ0v) is 31.0. The lowest BCUT2D eigenvalue weighted by molar-refractivity contribution is -0.0609. The highest BCUT2D eigenvalue weighted by molar-refractivity contribution is 5.53. The average Bonchev–Trinajstić information content (AvgIpc) is 3.61. The summed E-state index contributed by atoms with van der Waals surface area (Å²) in [6.45, 7) is 4.93. The fourth-order valence-corrected chi connectivity index (χ4v) is 9.67. The minimum absolute atomic E-state index is 0.0256. The molecule has 0 amide bonds. The van der Waals surface area contributed by atoms with Crippen molar-refractivity contribution in [2.75, 3.05) is 6.54 Å². The van der Waals surface area contributed by atoms with E-state index in [2.05, 4.69) is 48.1 Å². The Morgan fingerprint density at radius 1 is 1.02 bits per heavy atom. The van der Waals surface area contributed by atoms with Crippen LogP contribution in [-0.2, 0) is 12.8 Å². The first-order chi connectivity index (χ1) is 25.6. The molecule has 1 aliphatic heterocycles. The Morgan fingerprint density at radius 2 is 1.85 bits per heavy atom. The summed E-state index contributed by atoms with van der Waals surface area (Å²) < 4.78 is 6.69. The number of fused-ring (bicyclic) bond motifs is 4. The van der Waals surface area contributed by atoms with Crippen molar-refractivity contribution in [1.82, 2.24) is 10.3 Å². The van der Waals surface area contributed by atoms with E-state index in [0.717, 1.165) is 60.9 Å². The minimum Gasteiger partial charge on any atom is -0.504 e. The molecule has 0 fully saturated rings. The van der Waals surface area contributed by atoms with Crippen molar-refractivity contribution < 1.29 is 30.3 Å². The van der Waals surface area contributed by atoms with Gasteiger partial charge in [0.1, 0.15) is 18.3 Å². The Balaban J connectivity index is 1.26. The van der Waals surface area contributed by atoms with E-state index < -0.39 is 30.5 Å². The summed E-state index contributed by atoms with van der Waals surface area (Å²) in [5.74, 6) is 7.02. The van der Waals surface area contributed by atoms with Crippen LogP contribution < -0.4 is 15.8 Å². The Kier molecular flexibility index (Phi) is 11.4. The SMILES string of the molecule is CC[C@H]1C#C[C@H]2C=C3[C@@H](CC)Cc4cc(O)c(O[C@@H]5[C@@H](O)[C@H](O)C=C[C@@H]5[C@H](Cc5ccc[nH]5)C5=CCNC(N)=C5)cc4[C@@H]3C[C@@H](O)[C@H]2[C@@H](O)CCCC1. The summed E-state index contributed by atoms with van der Waals surface area (Å²) in [4.78, 5) is 3.31. The number of phenolic OH excluding ortho intramolecular Hbond substituents is 1. The first-order valence-electron chi connectivity index (χ1n) is 19.8. The van der Waals surface area contributed by atoms with Crippen LogP contribution >= 0.6 is 0 Å². The first kappa shape index (κ1) is 37.4. The van der Waals surface area contributed by atoms with Gasteiger partial charge in [0.15, 0.2) is 11.5 Å². The van der Waals surface area contributed by atoms with Gasteiger partial charge in [-0.2, -0.15) is 0 Å². The molecule has 1 aromatic carbocycles. The summed E-state index contributed by atoms with van der Waals surface area (Å²) in [6.07, 6.45) is 14.2. The number of aliphatic hydroxyl groups is 4. The molecule has 0 bridgehead atoms. The van der Waals surface area contributed by atoms with E-state index in [9.17, 15) is 25.5 Å². The Labute approximate surface area is 313 Å². The van der Waals surface area contributed by atoms with Crippen LogP contribution in [0.2, 0.25) is 0 Å². The lowest BCUT2D eigenvalue weighted by atomic mass is 9.70. The number of hydrogen-bond acceptors (Lipinski definition) is 8. The van der Waals surface area contributed by atoms with Crippen LogP contribution in [0.3, 0.4) is 0 Å². The molecule has 0 saturated carbocycles. The maximum Gasteiger partial charge on any atom is 0.161 e. The smallest absolute Gasteiger partial charge is 0.161 e. The number of hydrogen-bond donors (Lipinski definition) is 8. The third kappa shape index (κ3) is 7.84. The van der Waals surface area contributed by atoms with E-state index in [4.69, 9.17) is 10.5 Å². The number of nitrogens with one attached hydrogen (secondary N) is 2. The second-order valence-electron chi connectivity index (χ2n) is 15.9. The maximum absolute atomic E-state index is 11.9. The Hall–Kier alpha value is -3.94. The number of dihydropyridines is 1. The minimum atomic E-state index is -1.26. The third-order valence-corrected chi connectivity index (χ3v) is 12.7. The molecule has 0 radical (unpaired) electrons. The van der Waals surface area contributed by atoms with E-state index in [-0.39, 0.29) is 47.0 Å². The Morgan fingerprint density at radius 3 is 2.60 bits per heavy atom. The van der Waals surface area contributed by atoms with E-state index >= 15 is 0 Å². The zero-order valence-electron chi connectivity index (χ0n) is 31.0. The van der Waals surface area contributed by atoms with E-state index in [1.165, 1.54) is 5.57 Å². The number of allylic oxidation sites excluding steroid dienone is 4. The number of nitrogens with two attached hydrogens (primary N) is 1. The molecule has 2 heterocycles. The molecule has 12 atom stereocenters. The molecule has 9 heteroatoms. The summed E-state index contributed by atoms with van der Waals surface area (Å²) in [5.41, 5.74) is 11.5. The largest absolute Gasteiger partial charge is 0.504 e. The predicted molar refractivity (Wildman–Crippen MR) is 205 cm³/mol. The molecule has 9 N–H and O–H groups in total. The highest BCUT2D eigenvalue weighted by Gasteiger charge is 2.44. The second kappa shape index (κ2) is 16.2. The van der Waals surface area contributed by atoms with Gasteiger partial charge in [0.25, 0.3) is 0 Å². The van der Waals surface area contributed by atoms with Gasteiger partial charge < -0.3 is 46.3 Å². The first-order valence-corrected chi connectivity index (χ1v) is 19.8. The molecule has 5 aliphatic rings. The number of aromatic hydroxyl groups is 1.